The van der Waals surface area contributed by atoms with Gasteiger partial charge in [0.2, 0.25) is 5.91 Å². The molecule has 1 amide bonds. The summed E-state index contributed by atoms with van der Waals surface area (Å²) in [5, 5.41) is 6.03. The lowest BCUT2D eigenvalue weighted by atomic mass is 10.3. The maximum absolute atomic E-state index is 12.1. The Bertz CT molecular complexity index is 626. The molecule has 0 aliphatic carbocycles. The molecule has 1 N–H and O–H groups in total. The van der Waals surface area contributed by atoms with Crippen LogP contribution in [-0.4, -0.2) is 48.5 Å². The summed E-state index contributed by atoms with van der Waals surface area (Å²) < 4.78 is 1.12. The van der Waals surface area contributed by atoms with Crippen LogP contribution in [0.2, 0.25) is 0 Å². The zero-order valence-corrected chi connectivity index (χ0v) is 15.0. The number of halogens is 1. The quantitative estimate of drug-likeness (QED) is 0.761. The summed E-state index contributed by atoms with van der Waals surface area (Å²) >= 11 is 3.91. The average Bonchev–Trinajstić information content (AvgIpc) is 3.02. The van der Waals surface area contributed by atoms with Crippen LogP contribution >= 0.6 is 33.9 Å². The number of carbonyl (C=O) groups is 1. The van der Waals surface area contributed by atoms with Gasteiger partial charge in [0.05, 0.1) is 6.54 Å². The number of benzene rings is 1. The molecule has 2 aromatic rings. The Morgan fingerprint density at radius 3 is 2.82 bits per heavy atom. The Hall–Kier alpha value is -1.19. The second kappa shape index (κ2) is 7.38. The Labute approximate surface area is 147 Å². The fourth-order valence-electron chi connectivity index (χ4n) is 2.44. The van der Waals surface area contributed by atoms with E-state index in [-0.39, 0.29) is 5.91 Å². The third-order valence-electron chi connectivity index (χ3n) is 3.54. The fraction of sp³-hybridized carbons (Fsp3) is 0.333. The van der Waals surface area contributed by atoms with E-state index in [2.05, 4.69) is 42.7 Å². The van der Waals surface area contributed by atoms with E-state index in [0.717, 1.165) is 40.6 Å². The molecule has 7 heteroatoms. The molecule has 5 nitrogen and oxygen atoms in total. The van der Waals surface area contributed by atoms with Crippen molar-refractivity contribution in [3.05, 3.63) is 39.4 Å². The molecule has 1 aromatic carbocycles. The monoisotopic (exact) mass is 428 g/mol. The van der Waals surface area contributed by atoms with E-state index in [4.69, 9.17) is 0 Å². The summed E-state index contributed by atoms with van der Waals surface area (Å²) in [5.41, 5.74) is 0.860. The molecule has 0 spiro atoms. The highest BCUT2D eigenvalue weighted by atomic mass is 127. The van der Waals surface area contributed by atoms with Crippen LogP contribution in [0.25, 0.3) is 0 Å². The minimum Gasteiger partial charge on any atom is -0.346 e. The average molecular weight is 428 g/mol. The van der Waals surface area contributed by atoms with Gasteiger partial charge >= 0.3 is 0 Å². The minimum atomic E-state index is 0.0460. The molecule has 0 bridgehead atoms. The summed E-state index contributed by atoms with van der Waals surface area (Å²) in [7, 11) is 0. The first-order valence-electron chi connectivity index (χ1n) is 7.13. The first-order chi connectivity index (χ1) is 10.7. The standard InChI is InChI=1S/C15H17IN4OS/c16-12-2-1-3-13(10-12)18-14(21)11-19-5-7-20(8-6-19)15-17-4-9-22-15/h1-4,9-10H,5-8,11H2,(H,18,21). The first-order valence-corrected chi connectivity index (χ1v) is 9.09. The third-order valence-corrected chi connectivity index (χ3v) is 5.04. The Kier molecular flexibility index (Phi) is 5.27. The van der Waals surface area contributed by atoms with Crippen LogP contribution in [0.5, 0.6) is 0 Å². The lowest BCUT2D eigenvalue weighted by molar-refractivity contribution is -0.117. The van der Waals surface area contributed by atoms with Gasteiger partial charge in [-0.05, 0) is 40.8 Å². The van der Waals surface area contributed by atoms with E-state index in [1.54, 1.807) is 11.3 Å². The Morgan fingerprint density at radius 2 is 2.14 bits per heavy atom. The maximum Gasteiger partial charge on any atom is 0.238 e. The van der Waals surface area contributed by atoms with Crippen LogP contribution in [-0.2, 0) is 4.79 Å². The van der Waals surface area contributed by atoms with Crippen LogP contribution in [0.4, 0.5) is 10.8 Å². The number of anilines is 2. The molecule has 2 heterocycles. The molecule has 22 heavy (non-hydrogen) atoms. The maximum atomic E-state index is 12.1. The number of piperazine rings is 1. The van der Waals surface area contributed by atoms with E-state index in [1.165, 1.54) is 0 Å². The van der Waals surface area contributed by atoms with Crippen molar-refractivity contribution in [1.82, 2.24) is 9.88 Å². The van der Waals surface area contributed by atoms with Gasteiger partial charge in [0.1, 0.15) is 0 Å². The van der Waals surface area contributed by atoms with Gasteiger partial charge < -0.3 is 10.2 Å². The van der Waals surface area contributed by atoms with Crippen LogP contribution in [0.15, 0.2) is 35.8 Å². The largest absolute Gasteiger partial charge is 0.346 e. The fourth-order valence-corrected chi connectivity index (χ4v) is 3.68. The minimum absolute atomic E-state index is 0.0460. The molecule has 1 aliphatic rings. The molecule has 0 radical (unpaired) electrons. The van der Waals surface area contributed by atoms with Gasteiger partial charge in [0, 0.05) is 47.0 Å². The van der Waals surface area contributed by atoms with E-state index in [1.807, 2.05) is 35.8 Å². The number of thiazole rings is 1. The van der Waals surface area contributed by atoms with Crippen molar-refractivity contribution in [2.75, 3.05) is 42.9 Å². The molecule has 1 aromatic heterocycles. The van der Waals surface area contributed by atoms with Gasteiger partial charge in [0.25, 0.3) is 0 Å². The number of hydrogen-bond donors (Lipinski definition) is 1. The van der Waals surface area contributed by atoms with Gasteiger partial charge in [-0.25, -0.2) is 4.98 Å². The number of hydrogen-bond acceptors (Lipinski definition) is 5. The summed E-state index contributed by atoms with van der Waals surface area (Å²) in [6.07, 6.45) is 1.83. The van der Waals surface area contributed by atoms with Crippen LogP contribution < -0.4 is 10.2 Å². The van der Waals surface area contributed by atoms with Crippen molar-refractivity contribution in [3.8, 4) is 0 Å². The number of nitrogens with one attached hydrogen (secondary N) is 1. The van der Waals surface area contributed by atoms with Crippen molar-refractivity contribution in [1.29, 1.82) is 0 Å². The van der Waals surface area contributed by atoms with E-state index < -0.39 is 0 Å². The first kappa shape index (κ1) is 15.7. The summed E-state index contributed by atoms with van der Waals surface area (Å²) in [5.74, 6) is 0.0460. The predicted octanol–water partition coefficient (Wildman–Crippen LogP) is 2.51. The summed E-state index contributed by atoms with van der Waals surface area (Å²) in [6.45, 7) is 4.06. The molecule has 0 unspecified atom stereocenters. The number of amides is 1. The van der Waals surface area contributed by atoms with E-state index in [0.29, 0.717) is 6.54 Å². The van der Waals surface area contributed by atoms with Crippen LogP contribution in [0.1, 0.15) is 0 Å². The number of nitrogens with zero attached hydrogens (tertiary/aromatic N) is 3. The van der Waals surface area contributed by atoms with Crippen molar-refractivity contribution < 1.29 is 4.79 Å². The molecule has 1 fully saturated rings. The highest BCUT2D eigenvalue weighted by molar-refractivity contribution is 14.1. The van der Waals surface area contributed by atoms with Crippen molar-refractivity contribution in [2.24, 2.45) is 0 Å². The summed E-state index contributed by atoms with van der Waals surface area (Å²) in [4.78, 5) is 20.9. The summed E-state index contributed by atoms with van der Waals surface area (Å²) in [6, 6.07) is 7.84. The molecular weight excluding hydrogens is 411 g/mol. The lowest BCUT2D eigenvalue weighted by Crippen LogP contribution is -2.48. The highest BCUT2D eigenvalue weighted by Gasteiger charge is 2.20. The van der Waals surface area contributed by atoms with Gasteiger partial charge in [-0.3, -0.25) is 9.69 Å². The normalized spacial score (nSPS) is 15.8. The molecular formula is C15H17IN4OS. The van der Waals surface area contributed by atoms with Gasteiger partial charge in [-0.1, -0.05) is 6.07 Å². The number of rotatable bonds is 4. The van der Waals surface area contributed by atoms with Crippen molar-refractivity contribution in [3.63, 3.8) is 0 Å². The zero-order chi connectivity index (χ0) is 15.4. The second-order valence-electron chi connectivity index (χ2n) is 5.14. The predicted molar refractivity (Wildman–Crippen MR) is 98.6 cm³/mol. The molecule has 1 saturated heterocycles. The zero-order valence-electron chi connectivity index (χ0n) is 12.0. The van der Waals surface area contributed by atoms with Crippen LogP contribution in [0.3, 0.4) is 0 Å². The topological polar surface area (TPSA) is 48.5 Å². The van der Waals surface area contributed by atoms with E-state index in [9.17, 15) is 4.79 Å². The smallest absolute Gasteiger partial charge is 0.238 e. The SMILES string of the molecule is O=C(CN1CCN(c2nccs2)CC1)Nc1cccc(I)c1. The molecule has 3 rings (SSSR count). The van der Waals surface area contributed by atoms with Crippen molar-refractivity contribution >= 4 is 50.7 Å². The molecule has 116 valence electrons. The van der Waals surface area contributed by atoms with Gasteiger partial charge in [-0.2, -0.15) is 0 Å². The number of carbonyl (C=O) groups excluding carboxylic acids is 1. The molecule has 0 saturated carbocycles. The van der Waals surface area contributed by atoms with Crippen LogP contribution in [0, 0.1) is 3.57 Å². The lowest BCUT2D eigenvalue weighted by Gasteiger charge is -2.34. The highest BCUT2D eigenvalue weighted by Crippen LogP contribution is 2.19. The Balaban J connectivity index is 1.47. The van der Waals surface area contributed by atoms with E-state index >= 15 is 0 Å². The number of aromatic nitrogens is 1. The Morgan fingerprint density at radius 1 is 1.32 bits per heavy atom. The third kappa shape index (κ3) is 4.17. The van der Waals surface area contributed by atoms with Gasteiger partial charge in [-0.15, -0.1) is 11.3 Å². The molecule has 1 aliphatic heterocycles. The van der Waals surface area contributed by atoms with Crippen molar-refractivity contribution in [2.45, 2.75) is 0 Å². The molecule has 0 atom stereocenters. The van der Waals surface area contributed by atoms with Gasteiger partial charge in [0.15, 0.2) is 5.13 Å². The second-order valence-corrected chi connectivity index (χ2v) is 7.26.